The van der Waals surface area contributed by atoms with Gasteiger partial charge in [0.15, 0.2) is 9.84 Å². The molecular formula is C20H18Cl2F3N3O4S2. The Morgan fingerprint density at radius 1 is 1.06 bits per heavy atom. The average Bonchev–Trinajstić information content (AvgIpc) is 3.19. The summed E-state index contributed by atoms with van der Waals surface area (Å²) in [6.45, 7) is -2.57. The summed E-state index contributed by atoms with van der Waals surface area (Å²) in [6.07, 6.45) is -4.52. The lowest BCUT2D eigenvalue weighted by Gasteiger charge is -2.20. The highest BCUT2D eigenvalue weighted by Crippen LogP contribution is 2.34. The Morgan fingerprint density at radius 3 is 2.26 bits per heavy atom. The molecule has 2 atom stereocenters. The molecule has 2 aromatic rings. The number of rotatable bonds is 7. The molecule has 1 unspecified atom stereocenters. The van der Waals surface area contributed by atoms with Gasteiger partial charge in [0.2, 0.25) is 10.0 Å². The highest BCUT2D eigenvalue weighted by molar-refractivity contribution is 7.92. The zero-order valence-electron chi connectivity index (χ0n) is 17.3. The predicted octanol–water partition coefficient (Wildman–Crippen LogP) is 3.48. The maximum Gasteiger partial charge on any atom is 0.401 e. The van der Waals surface area contributed by atoms with Crippen molar-refractivity contribution in [3.05, 3.63) is 58.1 Å². The summed E-state index contributed by atoms with van der Waals surface area (Å²) in [5.41, 5.74) is 0.128. The van der Waals surface area contributed by atoms with Crippen molar-refractivity contribution in [3.8, 4) is 6.07 Å². The normalized spacial score (nSPS) is 19.8. The molecule has 0 bridgehead atoms. The summed E-state index contributed by atoms with van der Waals surface area (Å²) in [7, 11) is -8.44. The Morgan fingerprint density at radius 2 is 1.71 bits per heavy atom. The molecule has 0 spiro atoms. The van der Waals surface area contributed by atoms with Gasteiger partial charge in [-0.05, 0) is 42.5 Å². The summed E-state index contributed by atoms with van der Waals surface area (Å²) in [4.78, 5) is -0.460. The molecule has 1 aliphatic heterocycles. The van der Waals surface area contributed by atoms with Crippen molar-refractivity contribution >= 4 is 43.1 Å². The van der Waals surface area contributed by atoms with Crippen LogP contribution in [-0.4, -0.2) is 58.7 Å². The summed E-state index contributed by atoms with van der Waals surface area (Å²) in [6, 6.07) is 10.6. The molecule has 1 fully saturated rings. The van der Waals surface area contributed by atoms with Crippen molar-refractivity contribution in [2.75, 3.05) is 26.2 Å². The van der Waals surface area contributed by atoms with E-state index < -0.39 is 50.3 Å². The number of benzene rings is 2. The summed E-state index contributed by atoms with van der Waals surface area (Å²) >= 11 is 11.9. The Hall–Kier alpha value is -1.88. The SMILES string of the molecule is N#Cc1ccc(S(=O)(=O)N2CC(CNCC(F)(F)F)[C@@H](S(=O)(=O)c3ccc(Cl)cc3)C2)c(Cl)c1. The van der Waals surface area contributed by atoms with Crippen LogP contribution in [0.2, 0.25) is 10.0 Å². The minimum absolute atomic E-state index is 0.127. The number of halogens is 5. The number of hydrogen-bond donors (Lipinski definition) is 1. The molecule has 184 valence electrons. The van der Waals surface area contributed by atoms with Gasteiger partial charge < -0.3 is 5.32 Å². The number of sulfonamides is 1. The van der Waals surface area contributed by atoms with Crippen LogP contribution in [0.15, 0.2) is 52.3 Å². The van der Waals surface area contributed by atoms with Crippen LogP contribution < -0.4 is 5.32 Å². The molecule has 1 N–H and O–H groups in total. The lowest BCUT2D eigenvalue weighted by molar-refractivity contribution is -0.125. The van der Waals surface area contributed by atoms with Crippen molar-refractivity contribution < 1.29 is 30.0 Å². The van der Waals surface area contributed by atoms with Crippen molar-refractivity contribution in [3.63, 3.8) is 0 Å². The first-order valence-electron chi connectivity index (χ1n) is 9.72. The quantitative estimate of drug-likeness (QED) is 0.560. The largest absolute Gasteiger partial charge is 0.401 e. The van der Waals surface area contributed by atoms with Crippen LogP contribution in [0.3, 0.4) is 0 Å². The third-order valence-corrected chi connectivity index (χ3v) is 10.1. The highest BCUT2D eigenvalue weighted by Gasteiger charge is 2.46. The van der Waals surface area contributed by atoms with Crippen LogP contribution >= 0.6 is 23.2 Å². The Labute approximate surface area is 205 Å². The first-order valence-corrected chi connectivity index (χ1v) is 13.5. The van der Waals surface area contributed by atoms with E-state index in [0.717, 1.165) is 16.4 Å². The Balaban J connectivity index is 1.95. The molecule has 3 rings (SSSR count). The third-order valence-electron chi connectivity index (χ3n) is 5.30. The smallest absolute Gasteiger partial charge is 0.308 e. The molecule has 2 aromatic carbocycles. The average molecular weight is 556 g/mol. The molecule has 0 amide bonds. The van der Waals surface area contributed by atoms with Crippen molar-refractivity contribution in [1.82, 2.24) is 9.62 Å². The molecule has 34 heavy (non-hydrogen) atoms. The predicted molar refractivity (Wildman–Crippen MR) is 120 cm³/mol. The summed E-state index contributed by atoms with van der Waals surface area (Å²) in [5.74, 6) is -0.977. The van der Waals surface area contributed by atoms with Crippen LogP contribution in [0.5, 0.6) is 0 Å². The Bertz CT molecular complexity index is 1310. The molecule has 1 aliphatic rings. The lowest BCUT2D eigenvalue weighted by Crippen LogP contribution is -2.39. The second-order valence-corrected chi connectivity index (χ2v) is 12.5. The number of nitrogens with one attached hydrogen (secondary N) is 1. The number of nitrogens with zero attached hydrogens (tertiary/aromatic N) is 2. The van der Waals surface area contributed by atoms with Crippen LogP contribution in [-0.2, 0) is 19.9 Å². The van der Waals surface area contributed by atoms with Crippen LogP contribution in [0, 0.1) is 17.2 Å². The number of hydrogen-bond acceptors (Lipinski definition) is 6. The molecule has 0 saturated carbocycles. The minimum Gasteiger partial charge on any atom is -0.308 e. The fourth-order valence-electron chi connectivity index (χ4n) is 3.66. The van der Waals surface area contributed by atoms with Gasteiger partial charge in [-0.25, -0.2) is 16.8 Å². The Kier molecular flexibility index (Phi) is 7.86. The monoisotopic (exact) mass is 555 g/mol. The molecule has 1 heterocycles. The van der Waals surface area contributed by atoms with E-state index in [0.29, 0.717) is 0 Å². The maximum atomic E-state index is 13.3. The van der Waals surface area contributed by atoms with Gasteiger partial charge in [0, 0.05) is 30.6 Å². The lowest BCUT2D eigenvalue weighted by atomic mass is 10.1. The van der Waals surface area contributed by atoms with Crippen LogP contribution in [0.25, 0.3) is 0 Å². The molecule has 0 radical (unpaired) electrons. The standard InChI is InChI=1S/C20H18Cl2F3N3O4S2/c21-15-2-4-16(5-3-15)33(29,30)19-11-28(10-14(19)9-27-12-20(23,24)25)34(31,32)18-6-1-13(8-26)7-17(18)22/h1-7,14,19,27H,9-12H2/t14?,19-/m0/s1. The van der Waals surface area contributed by atoms with E-state index in [1.807, 2.05) is 6.07 Å². The minimum atomic E-state index is -4.52. The first-order chi connectivity index (χ1) is 15.8. The van der Waals surface area contributed by atoms with Gasteiger partial charge in [0.1, 0.15) is 4.90 Å². The van der Waals surface area contributed by atoms with Crippen molar-refractivity contribution in [2.45, 2.75) is 21.2 Å². The van der Waals surface area contributed by atoms with Gasteiger partial charge >= 0.3 is 6.18 Å². The fraction of sp³-hybridized carbons (Fsp3) is 0.350. The van der Waals surface area contributed by atoms with E-state index in [-0.39, 0.29) is 38.5 Å². The number of nitriles is 1. The van der Waals surface area contributed by atoms with Gasteiger partial charge in [0.25, 0.3) is 0 Å². The van der Waals surface area contributed by atoms with Gasteiger partial charge in [0.05, 0.1) is 33.3 Å². The second kappa shape index (κ2) is 10.0. The van der Waals surface area contributed by atoms with E-state index in [4.69, 9.17) is 28.5 Å². The molecular weight excluding hydrogens is 538 g/mol. The second-order valence-electron chi connectivity index (χ2n) is 7.62. The molecule has 14 heteroatoms. The zero-order chi connectivity index (χ0) is 25.3. The number of sulfone groups is 1. The summed E-state index contributed by atoms with van der Waals surface area (Å²) < 4.78 is 91.8. The number of alkyl halides is 3. The van der Waals surface area contributed by atoms with E-state index >= 15 is 0 Å². The molecule has 7 nitrogen and oxygen atoms in total. The van der Waals surface area contributed by atoms with Crippen LogP contribution in [0.1, 0.15) is 5.56 Å². The zero-order valence-corrected chi connectivity index (χ0v) is 20.4. The fourth-order valence-corrected chi connectivity index (χ4v) is 7.86. The molecule has 1 saturated heterocycles. The van der Waals surface area contributed by atoms with Crippen molar-refractivity contribution in [2.24, 2.45) is 5.92 Å². The van der Waals surface area contributed by atoms with Crippen molar-refractivity contribution in [1.29, 1.82) is 5.26 Å². The van der Waals surface area contributed by atoms with E-state index in [1.54, 1.807) is 0 Å². The van der Waals surface area contributed by atoms with E-state index in [2.05, 4.69) is 5.32 Å². The van der Waals surface area contributed by atoms with Gasteiger partial charge in [-0.2, -0.15) is 22.7 Å². The van der Waals surface area contributed by atoms with Crippen LogP contribution in [0.4, 0.5) is 13.2 Å². The van der Waals surface area contributed by atoms with E-state index in [1.165, 1.54) is 30.3 Å². The topological polar surface area (TPSA) is 107 Å². The maximum absolute atomic E-state index is 13.3. The van der Waals surface area contributed by atoms with Gasteiger partial charge in [-0.1, -0.05) is 23.2 Å². The molecule has 0 aromatic heterocycles. The summed E-state index contributed by atoms with van der Waals surface area (Å²) in [5, 5.41) is 9.88. The van der Waals surface area contributed by atoms with Gasteiger partial charge in [-0.3, -0.25) is 0 Å². The third kappa shape index (κ3) is 5.84. The first kappa shape index (κ1) is 26.7. The highest BCUT2D eigenvalue weighted by atomic mass is 35.5. The van der Waals surface area contributed by atoms with Gasteiger partial charge in [-0.15, -0.1) is 0 Å². The molecule has 0 aliphatic carbocycles. The van der Waals surface area contributed by atoms with E-state index in [9.17, 15) is 30.0 Å².